The van der Waals surface area contributed by atoms with E-state index in [-0.39, 0.29) is 5.75 Å². The number of hydrogen-bond acceptors (Lipinski definition) is 2. The molecule has 0 bridgehead atoms. The molecule has 0 saturated heterocycles. The van der Waals surface area contributed by atoms with E-state index in [0.29, 0.717) is 11.4 Å². The van der Waals surface area contributed by atoms with Crippen molar-refractivity contribution in [2.24, 2.45) is 0 Å². The zero-order chi connectivity index (χ0) is 12.4. The molecule has 0 heterocycles. The van der Waals surface area contributed by atoms with Crippen molar-refractivity contribution < 1.29 is 9.13 Å². The summed E-state index contributed by atoms with van der Waals surface area (Å²) in [5, 5.41) is 0. The lowest BCUT2D eigenvalue weighted by Gasteiger charge is -2.09. The van der Waals surface area contributed by atoms with Gasteiger partial charge in [-0.25, -0.2) is 4.39 Å². The quantitative estimate of drug-likeness (QED) is 0.797. The van der Waals surface area contributed by atoms with Gasteiger partial charge in [0, 0.05) is 11.8 Å². The molecule has 0 fully saturated rings. The average Bonchev–Trinajstić information content (AvgIpc) is 2.27. The largest absolute Gasteiger partial charge is 0.454 e. The lowest BCUT2D eigenvalue weighted by Crippen LogP contribution is -1.92. The summed E-state index contributed by atoms with van der Waals surface area (Å²) in [6, 6.07) is 10.0. The van der Waals surface area contributed by atoms with Crippen LogP contribution in [0.15, 0.2) is 36.4 Å². The molecule has 0 atom stereocenters. The molecular formula is C14H14FNO. The first-order valence-corrected chi connectivity index (χ1v) is 5.36. The van der Waals surface area contributed by atoms with Gasteiger partial charge in [-0.05, 0) is 49.2 Å². The van der Waals surface area contributed by atoms with E-state index in [1.165, 1.54) is 17.7 Å². The molecule has 2 nitrogen and oxygen atoms in total. The Morgan fingerprint density at radius 2 is 1.76 bits per heavy atom. The Kier molecular flexibility index (Phi) is 3.00. The van der Waals surface area contributed by atoms with Crippen molar-refractivity contribution in [1.82, 2.24) is 0 Å². The number of halogens is 1. The molecule has 2 rings (SSSR count). The fourth-order valence-electron chi connectivity index (χ4n) is 1.50. The number of benzene rings is 2. The van der Waals surface area contributed by atoms with Crippen molar-refractivity contribution >= 4 is 5.69 Å². The third-order valence-electron chi connectivity index (χ3n) is 2.66. The van der Waals surface area contributed by atoms with Gasteiger partial charge < -0.3 is 10.5 Å². The van der Waals surface area contributed by atoms with Crippen molar-refractivity contribution in [2.45, 2.75) is 13.8 Å². The fourth-order valence-corrected chi connectivity index (χ4v) is 1.50. The van der Waals surface area contributed by atoms with Gasteiger partial charge in [-0.1, -0.05) is 6.07 Å². The molecule has 0 aliphatic carbocycles. The van der Waals surface area contributed by atoms with Crippen LogP contribution in [0, 0.1) is 19.7 Å². The number of rotatable bonds is 2. The third kappa shape index (κ3) is 2.56. The molecule has 2 aromatic carbocycles. The molecular weight excluding hydrogens is 217 g/mol. The Balaban J connectivity index is 2.28. The Morgan fingerprint density at radius 1 is 1.00 bits per heavy atom. The van der Waals surface area contributed by atoms with Gasteiger partial charge in [0.25, 0.3) is 0 Å². The molecule has 17 heavy (non-hydrogen) atoms. The van der Waals surface area contributed by atoms with Crippen LogP contribution in [0.25, 0.3) is 0 Å². The number of nitrogens with two attached hydrogens (primary N) is 1. The van der Waals surface area contributed by atoms with Crippen molar-refractivity contribution in [3.63, 3.8) is 0 Å². The SMILES string of the molecule is Cc1ccc(Oc2ccc(N)cc2F)cc1C. The van der Waals surface area contributed by atoms with E-state index in [1.54, 1.807) is 6.07 Å². The van der Waals surface area contributed by atoms with E-state index in [1.807, 2.05) is 32.0 Å². The lowest BCUT2D eigenvalue weighted by molar-refractivity contribution is 0.442. The van der Waals surface area contributed by atoms with E-state index >= 15 is 0 Å². The maximum atomic E-state index is 13.5. The molecule has 0 aliphatic heterocycles. The van der Waals surface area contributed by atoms with E-state index < -0.39 is 5.82 Å². The van der Waals surface area contributed by atoms with Crippen LogP contribution < -0.4 is 10.5 Å². The monoisotopic (exact) mass is 231 g/mol. The highest BCUT2D eigenvalue weighted by molar-refractivity contribution is 5.45. The molecule has 2 N–H and O–H groups in total. The molecule has 0 unspecified atom stereocenters. The average molecular weight is 231 g/mol. The van der Waals surface area contributed by atoms with Crippen molar-refractivity contribution in [3.8, 4) is 11.5 Å². The minimum atomic E-state index is -0.455. The topological polar surface area (TPSA) is 35.2 Å². The summed E-state index contributed by atoms with van der Waals surface area (Å²) in [6.45, 7) is 4.00. The van der Waals surface area contributed by atoms with Crippen LogP contribution >= 0.6 is 0 Å². The number of anilines is 1. The van der Waals surface area contributed by atoms with Gasteiger partial charge in [0.05, 0.1) is 0 Å². The maximum absolute atomic E-state index is 13.5. The Morgan fingerprint density at radius 3 is 2.41 bits per heavy atom. The third-order valence-corrected chi connectivity index (χ3v) is 2.66. The molecule has 0 aliphatic rings. The maximum Gasteiger partial charge on any atom is 0.167 e. The minimum Gasteiger partial charge on any atom is -0.454 e. The first-order chi connectivity index (χ1) is 8.06. The van der Waals surface area contributed by atoms with Crippen LogP contribution in [0.5, 0.6) is 11.5 Å². The van der Waals surface area contributed by atoms with E-state index in [4.69, 9.17) is 10.5 Å². The Bertz CT molecular complexity index is 552. The van der Waals surface area contributed by atoms with E-state index in [0.717, 1.165) is 5.56 Å². The smallest absolute Gasteiger partial charge is 0.167 e. The van der Waals surface area contributed by atoms with Gasteiger partial charge in [0.1, 0.15) is 5.75 Å². The Hall–Kier alpha value is -2.03. The molecule has 2 aromatic rings. The second-order valence-corrected chi connectivity index (χ2v) is 4.04. The van der Waals surface area contributed by atoms with Crippen LogP contribution in [0.2, 0.25) is 0 Å². The fraction of sp³-hybridized carbons (Fsp3) is 0.143. The number of hydrogen-bond donors (Lipinski definition) is 1. The van der Waals surface area contributed by atoms with Gasteiger partial charge in [0.15, 0.2) is 11.6 Å². The first kappa shape index (κ1) is 11.5. The van der Waals surface area contributed by atoms with Crippen molar-refractivity contribution in [2.75, 3.05) is 5.73 Å². The highest BCUT2D eigenvalue weighted by Crippen LogP contribution is 2.27. The summed E-state index contributed by atoms with van der Waals surface area (Å²) in [6.07, 6.45) is 0. The number of ether oxygens (including phenoxy) is 1. The van der Waals surface area contributed by atoms with Gasteiger partial charge in [-0.2, -0.15) is 0 Å². The number of aryl methyl sites for hydroxylation is 2. The first-order valence-electron chi connectivity index (χ1n) is 5.36. The second-order valence-electron chi connectivity index (χ2n) is 4.04. The standard InChI is InChI=1S/C14H14FNO/c1-9-3-5-12(7-10(9)2)17-14-6-4-11(16)8-13(14)15/h3-8H,16H2,1-2H3. The van der Waals surface area contributed by atoms with Gasteiger partial charge in [-0.15, -0.1) is 0 Å². The predicted octanol–water partition coefficient (Wildman–Crippen LogP) is 3.82. The van der Waals surface area contributed by atoms with Crippen LogP contribution in [0.4, 0.5) is 10.1 Å². The predicted molar refractivity (Wildman–Crippen MR) is 66.8 cm³/mol. The molecule has 0 amide bonds. The van der Waals surface area contributed by atoms with Crippen LogP contribution in [-0.2, 0) is 0 Å². The Labute approximate surface area is 99.8 Å². The van der Waals surface area contributed by atoms with Gasteiger partial charge in [-0.3, -0.25) is 0 Å². The van der Waals surface area contributed by atoms with Gasteiger partial charge >= 0.3 is 0 Å². The summed E-state index contributed by atoms with van der Waals surface area (Å²) >= 11 is 0. The van der Waals surface area contributed by atoms with Crippen molar-refractivity contribution in [3.05, 3.63) is 53.3 Å². The van der Waals surface area contributed by atoms with Gasteiger partial charge in [0.2, 0.25) is 0 Å². The highest BCUT2D eigenvalue weighted by atomic mass is 19.1. The molecule has 0 aromatic heterocycles. The highest BCUT2D eigenvalue weighted by Gasteiger charge is 2.05. The minimum absolute atomic E-state index is 0.183. The zero-order valence-corrected chi connectivity index (χ0v) is 9.83. The summed E-state index contributed by atoms with van der Waals surface area (Å²) in [5.41, 5.74) is 8.14. The second kappa shape index (κ2) is 4.45. The van der Waals surface area contributed by atoms with E-state index in [9.17, 15) is 4.39 Å². The summed E-state index contributed by atoms with van der Waals surface area (Å²) in [5.74, 6) is 0.349. The zero-order valence-electron chi connectivity index (χ0n) is 9.83. The lowest BCUT2D eigenvalue weighted by atomic mass is 10.1. The summed E-state index contributed by atoms with van der Waals surface area (Å²) in [7, 11) is 0. The number of nitrogen functional groups attached to an aromatic ring is 1. The molecule has 0 saturated carbocycles. The van der Waals surface area contributed by atoms with Crippen LogP contribution in [0.3, 0.4) is 0 Å². The summed E-state index contributed by atoms with van der Waals surface area (Å²) in [4.78, 5) is 0. The van der Waals surface area contributed by atoms with Crippen molar-refractivity contribution in [1.29, 1.82) is 0 Å². The normalized spacial score (nSPS) is 10.3. The summed E-state index contributed by atoms with van der Waals surface area (Å²) < 4.78 is 19.0. The van der Waals surface area contributed by atoms with Crippen LogP contribution in [-0.4, -0.2) is 0 Å². The molecule has 0 radical (unpaired) electrons. The van der Waals surface area contributed by atoms with Crippen LogP contribution in [0.1, 0.15) is 11.1 Å². The van der Waals surface area contributed by atoms with E-state index in [2.05, 4.69) is 0 Å². The molecule has 3 heteroatoms. The molecule has 0 spiro atoms. The molecule has 88 valence electrons.